The molecule has 0 saturated carbocycles. The number of benzene rings is 5. The first-order chi connectivity index (χ1) is 19.6. The summed E-state index contributed by atoms with van der Waals surface area (Å²) in [5.74, 6) is 1.30. The van der Waals surface area contributed by atoms with E-state index in [1.165, 1.54) is 11.1 Å². The van der Waals surface area contributed by atoms with Crippen LogP contribution >= 0.6 is 0 Å². The van der Waals surface area contributed by atoms with E-state index in [-0.39, 0.29) is 20.6 Å². The molecular formula is C36H31NO3S. The molecule has 0 spiro atoms. The SMILES string of the molecule is CC1(C)c2ccc(N3c4ccccc4C(C)(C)c4ccccc43)cc2Oc2cc(S(=O)(=O)c3ccccc3)ccc21. The van der Waals surface area contributed by atoms with Crippen molar-refractivity contribution in [3.8, 4) is 11.5 Å². The monoisotopic (exact) mass is 557 g/mol. The predicted octanol–water partition coefficient (Wildman–Crippen LogP) is 9.06. The zero-order chi connectivity index (χ0) is 28.6. The van der Waals surface area contributed by atoms with Gasteiger partial charge in [0, 0.05) is 39.8 Å². The lowest BCUT2D eigenvalue weighted by Gasteiger charge is -2.42. The highest BCUT2D eigenvalue weighted by Gasteiger charge is 2.39. The lowest BCUT2D eigenvalue weighted by Crippen LogP contribution is -2.30. The van der Waals surface area contributed by atoms with Gasteiger partial charge in [-0.2, -0.15) is 0 Å². The van der Waals surface area contributed by atoms with Crippen molar-refractivity contribution in [2.45, 2.75) is 48.3 Å². The first kappa shape index (κ1) is 25.6. The number of hydrogen-bond acceptors (Lipinski definition) is 4. The Balaban J connectivity index is 1.36. The van der Waals surface area contributed by atoms with Crippen LogP contribution in [-0.4, -0.2) is 8.42 Å². The third-order valence-electron chi connectivity index (χ3n) is 8.74. The molecule has 0 radical (unpaired) electrons. The van der Waals surface area contributed by atoms with Crippen LogP contribution in [-0.2, 0) is 20.7 Å². The van der Waals surface area contributed by atoms with Gasteiger partial charge in [0.05, 0.1) is 21.2 Å². The Bertz CT molecular complexity index is 1890. The molecule has 4 nitrogen and oxygen atoms in total. The van der Waals surface area contributed by atoms with Gasteiger partial charge in [0.15, 0.2) is 0 Å². The maximum Gasteiger partial charge on any atom is 0.206 e. The fourth-order valence-electron chi connectivity index (χ4n) is 6.47. The summed E-state index contributed by atoms with van der Waals surface area (Å²) < 4.78 is 33.4. The minimum Gasteiger partial charge on any atom is -0.457 e. The molecule has 204 valence electrons. The third-order valence-corrected chi connectivity index (χ3v) is 10.5. The fraction of sp³-hybridized carbons (Fsp3) is 0.167. The number of anilines is 3. The summed E-state index contributed by atoms with van der Waals surface area (Å²) >= 11 is 0. The molecule has 41 heavy (non-hydrogen) atoms. The Morgan fingerprint density at radius 3 is 1.68 bits per heavy atom. The second-order valence-corrected chi connectivity index (χ2v) is 13.8. The van der Waals surface area contributed by atoms with E-state index in [9.17, 15) is 8.42 Å². The molecule has 2 aliphatic heterocycles. The molecule has 5 heteroatoms. The molecule has 0 unspecified atom stereocenters. The molecule has 2 aliphatic rings. The van der Waals surface area contributed by atoms with Crippen LogP contribution in [0.1, 0.15) is 49.9 Å². The van der Waals surface area contributed by atoms with Crippen molar-refractivity contribution in [1.82, 2.24) is 0 Å². The van der Waals surface area contributed by atoms with Crippen LogP contribution in [0, 0.1) is 0 Å². The molecule has 7 rings (SSSR count). The summed E-state index contributed by atoms with van der Waals surface area (Å²) in [5, 5.41) is 0. The van der Waals surface area contributed by atoms with Crippen LogP contribution in [0.15, 0.2) is 125 Å². The average Bonchev–Trinajstić information content (AvgIpc) is 2.97. The zero-order valence-electron chi connectivity index (χ0n) is 23.5. The molecule has 0 saturated heterocycles. The molecule has 0 aliphatic carbocycles. The van der Waals surface area contributed by atoms with E-state index < -0.39 is 9.84 Å². The Kier molecular flexibility index (Phi) is 5.51. The Morgan fingerprint density at radius 1 is 0.537 bits per heavy atom. The van der Waals surface area contributed by atoms with Gasteiger partial charge in [-0.05, 0) is 47.5 Å². The van der Waals surface area contributed by atoms with Gasteiger partial charge in [0.2, 0.25) is 9.84 Å². The van der Waals surface area contributed by atoms with Gasteiger partial charge < -0.3 is 9.64 Å². The summed E-state index contributed by atoms with van der Waals surface area (Å²) in [7, 11) is -3.68. The van der Waals surface area contributed by atoms with Crippen LogP contribution in [0.25, 0.3) is 0 Å². The molecule has 0 N–H and O–H groups in total. The van der Waals surface area contributed by atoms with E-state index in [0.29, 0.717) is 5.75 Å². The number of para-hydroxylation sites is 2. The molecule has 0 fully saturated rings. The highest BCUT2D eigenvalue weighted by atomic mass is 32.2. The highest BCUT2D eigenvalue weighted by Crippen LogP contribution is 2.54. The molecule has 5 aromatic carbocycles. The molecule has 0 amide bonds. The largest absolute Gasteiger partial charge is 0.457 e. The van der Waals surface area contributed by atoms with E-state index in [4.69, 9.17) is 4.74 Å². The van der Waals surface area contributed by atoms with Gasteiger partial charge in [-0.1, -0.05) is 94.4 Å². The topological polar surface area (TPSA) is 46.6 Å². The average molecular weight is 558 g/mol. The van der Waals surface area contributed by atoms with Crippen molar-refractivity contribution in [3.63, 3.8) is 0 Å². The van der Waals surface area contributed by atoms with Gasteiger partial charge in [-0.25, -0.2) is 8.42 Å². The first-order valence-corrected chi connectivity index (χ1v) is 15.3. The van der Waals surface area contributed by atoms with Gasteiger partial charge in [-0.3, -0.25) is 0 Å². The number of nitrogens with zero attached hydrogens (tertiary/aromatic N) is 1. The minimum absolute atomic E-state index is 0.143. The normalized spacial score (nSPS) is 16.0. The van der Waals surface area contributed by atoms with E-state index in [1.54, 1.807) is 36.4 Å². The van der Waals surface area contributed by atoms with E-state index in [1.807, 2.05) is 12.1 Å². The second kappa shape index (κ2) is 8.82. The van der Waals surface area contributed by atoms with Crippen LogP contribution < -0.4 is 9.64 Å². The Morgan fingerprint density at radius 2 is 1.05 bits per heavy atom. The van der Waals surface area contributed by atoms with E-state index >= 15 is 0 Å². The molecule has 0 bridgehead atoms. The Labute approximate surface area is 241 Å². The molecule has 0 atom stereocenters. The lowest BCUT2D eigenvalue weighted by atomic mass is 9.73. The van der Waals surface area contributed by atoms with Crippen molar-refractivity contribution in [3.05, 3.63) is 138 Å². The first-order valence-electron chi connectivity index (χ1n) is 13.9. The predicted molar refractivity (Wildman–Crippen MR) is 164 cm³/mol. The van der Waals surface area contributed by atoms with E-state index in [0.717, 1.165) is 33.9 Å². The van der Waals surface area contributed by atoms with Gasteiger partial charge in [-0.15, -0.1) is 0 Å². The van der Waals surface area contributed by atoms with Crippen molar-refractivity contribution in [2.24, 2.45) is 0 Å². The fourth-order valence-corrected chi connectivity index (χ4v) is 7.77. The number of fused-ring (bicyclic) bond motifs is 4. The highest BCUT2D eigenvalue weighted by molar-refractivity contribution is 7.91. The lowest BCUT2D eigenvalue weighted by molar-refractivity contribution is 0.416. The minimum atomic E-state index is -3.68. The molecule has 0 aromatic heterocycles. The van der Waals surface area contributed by atoms with Crippen molar-refractivity contribution >= 4 is 26.9 Å². The number of rotatable bonds is 3. The van der Waals surface area contributed by atoms with Crippen LogP contribution in [0.5, 0.6) is 11.5 Å². The van der Waals surface area contributed by atoms with Crippen LogP contribution in [0.2, 0.25) is 0 Å². The number of sulfone groups is 1. The number of ether oxygens (including phenoxy) is 1. The number of hydrogen-bond donors (Lipinski definition) is 0. The van der Waals surface area contributed by atoms with Gasteiger partial charge in [0.1, 0.15) is 11.5 Å². The maximum absolute atomic E-state index is 13.4. The van der Waals surface area contributed by atoms with Crippen molar-refractivity contribution < 1.29 is 13.2 Å². The maximum atomic E-state index is 13.4. The molecular weight excluding hydrogens is 526 g/mol. The van der Waals surface area contributed by atoms with Gasteiger partial charge in [0.25, 0.3) is 0 Å². The van der Waals surface area contributed by atoms with Crippen molar-refractivity contribution in [1.29, 1.82) is 0 Å². The van der Waals surface area contributed by atoms with Gasteiger partial charge >= 0.3 is 0 Å². The molecule has 5 aromatic rings. The smallest absolute Gasteiger partial charge is 0.206 e. The molecule has 2 heterocycles. The van der Waals surface area contributed by atoms with E-state index in [2.05, 4.69) is 99.3 Å². The quantitative estimate of drug-likeness (QED) is 0.222. The summed E-state index contributed by atoms with van der Waals surface area (Å²) in [5.41, 5.74) is 7.30. The third kappa shape index (κ3) is 3.76. The van der Waals surface area contributed by atoms with Crippen LogP contribution in [0.4, 0.5) is 17.1 Å². The second-order valence-electron chi connectivity index (χ2n) is 11.9. The zero-order valence-corrected chi connectivity index (χ0v) is 24.4. The summed E-state index contributed by atoms with van der Waals surface area (Å²) in [6, 6.07) is 37.3. The van der Waals surface area contributed by atoms with Crippen molar-refractivity contribution in [2.75, 3.05) is 4.90 Å². The standard InChI is InChI=1S/C36H31NO3S/c1-35(2)27-14-8-10-16-31(27)37(32-17-11-9-15-28(32)35)24-18-20-29-33(22-24)40-34-23-26(19-21-30(34)36(29,3)4)41(38,39)25-12-6-5-7-13-25/h5-23H,1-4H3. The van der Waals surface area contributed by atoms with Crippen LogP contribution in [0.3, 0.4) is 0 Å². The summed E-state index contributed by atoms with van der Waals surface area (Å²) in [4.78, 5) is 2.79. The summed E-state index contributed by atoms with van der Waals surface area (Å²) in [6.07, 6.45) is 0. The Hall–Kier alpha value is -4.35. The summed E-state index contributed by atoms with van der Waals surface area (Å²) in [6.45, 7) is 8.87.